The molecule has 1 heterocycles. The van der Waals surface area contributed by atoms with E-state index in [2.05, 4.69) is 13.8 Å². The molecule has 0 aromatic carbocycles. The molecule has 2 N–H and O–H groups in total. The number of hydrogen-bond acceptors (Lipinski definition) is 2. The molecule has 2 unspecified atom stereocenters. The normalized spacial score (nSPS) is 23.6. The SMILES string of the molecule is CCC(CC)CC(N)CCC1CCCCO1. The molecule has 0 amide bonds. The highest BCUT2D eigenvalue weighted by molar-refractivity contribution is 4.71. The molecule has 2 atom stereocenters. The number of ether oxygens (including phenoxy) is 1. The molecule has 0 bridgehead atoms. The van der Waals surface area contributed by atoms with E-state index in [1.165, 1.54) is 44.9 Å². The van der Waals surface area contributed by atoms with Crippen molar-refractivity contribution >= 4 is 0 Å². The Balaban J connectivity index is 2.10. The van der Waals surface area contributed by atoms with Crippen molar-refractivity contribution in [3.8, 4) is 0 Å². The second kappa shape index (κ2) is 8.08. The lowest BCUT2D eigenvalue weighted by atomic mass is 9.92. The van der Waals surface area contributed by atoms with Crippen LogP contribution in [0.1, 0.15) is 65.2 Å². The summed E-state index contributed by atoms with van der Waals surface area (Å²) in [6.45, 7) is 5.50. The van der Waals surface area contributed by atoms with Gasteiger partial charge in [-0.3, -0.25) is 0 Å². The van der Waals surface area contributed by atoms with Crippen molar-refractivity contribution in [1.82, 2.24) is 0 Å². The van der Waals surface area contributed by atoms with E-state index in [0.29, 0.717) is 12.1 Å². The zero-order valence-electron chi connectivity index (χ0n) is 11.1. The zero-order chi connectivity index (χ0) is 11.8. The second-order valence-electron chi connectivity index (χ2n) is 5.24. The molecule has 0 aromatic heterocycles. The Bertz CT molecular complexity index is 162. The molecular weight excluding hydrogens is 198 g/mol. The van der Waals surface area contributed by atoms with E-state index in [0.717, 1.165) is 18.9 Å². The van der Waals surface area contributed by atoms with Crippen molar-refractivity contribution < 1.29 is 4.74 Å². The standard InChI is InChI=1S/C14H29NO/c1-3-12(4-2)11-13(15)8-9-14-7-5-6-10-16-14/h12-14H,3-11,15H2,1-2H3. The molecule has 0 saturated carbocycles. The lowest BCUT2D eigenvalue weighted by molar-refractivity contribution is 0.00880. The van der Waals surface area contributed by atoms with Crippen molar-refractivity contribution in [2.24, 2.45) is 11.7 Å². The summed E-state index contributed by atoms with van der Waals surface area (Å²) >= 11 is 0. The van der Waals surface area contributed by atoms with Gasteiger partial charge in [0.2, 0.25) is 0 Å². The topological polar surface area (TPSA) is 35.2 Å². The molecule has 0 aliphatic carbocycles. The first-order valence-corrected chi connectivity index (χ1v) is 7.13. The van der Waals surface area contributed by atoms with Gasteiger partial charge in [0.05, 0.1) is 6.10 Å². The average Bonchev–Trinajstić information content (AvgIpc) is 2.34. The summed E-state index contributed by atoms with van der Waals surface area (Å²) in [5, 5.41) is 0. The molecule has 16 heavy (non-hydrogen) atoms. The van der Waals surface area contributed by atoms with Gasteiger partial charge in [0, 0.05) is 12.6 Å². The van der Waals surface area contributed by atoms with Crippen LogP contribution in [-0.4, -0.2) is 18.8 Å². The highest BCUT2D eigenvalue weighted by Crippen LogP contribution is 2.20. The van der Waals surface area contributed by atoms with E-state index in [1.807, 2.05) is 0 Å². The van der Waals surface area contributed by atoms with Crippen LogP contribution in [-0.2, 0) is 4.74 Å². The van der Waals surface area contributed by atoms with Gasteiger partial charge in [-0.15, -0.1) is 0 Å². The van der Waals surface area contributed by atoms with Crippen LogP contribution in [0.3, 0.4) is 0 Å². The number of rotatable bonds is 7. The largest absolute Gasteiger partial charge is 0.378 e. The predicted octanol–water partition coefficient (Wildman–Crippen LogP) is 3.49. The Morgan fingerprint density at radius 2 is 2.00 bits per heavy atom. The van der Waals surface area contributed by atoms with Crippen molar-refractivity contribution in [3.05, 3.63) is 0 Å². The van der Waals surface area contributed by atoms with Gasteiger partial charge in [-0.2, -0.15) is 0 Å². The van der Waals surface area contributed by atoms with Gasteiger partial charge in [0.25, 0.3) is 0 Å². The van der Waals surface area contributed by atoms with Crippen molar-refractivity contribution in [3.63, 3.8) is 0 Å². The monoisotopic (exact) mass is 227 g/mol. The fourth-order valence-corrected chi connectivity index (χ4v) is 2.60. The molecule has 2 nitrogen and oxygen atoms in total. The smallest absolute Gasteiger partial charge is 0.0575 e. The van der Waals surface area contributed by atoms with Crippen molar-refractivity contribution in [2.45, 2.75) is 77.4 Å². The number of nitrogens with two attached hydrogens (primary N) is 1. The van der Waals surface area contributed by atoms with Crippen LogP contribution in [0.5, 0.6) is 0 Å². The molecule has 0 spiro atoms. The fraction of sp³-hybridized carbons (Fsp3) is 1.00. The van der Waals surface area contributed by atoms with Crippen LogP contribution in [0.15, 0.2) is 0 Å². The zero-order valence-corrected chi connectivity index (χ0v) is 11.1. The molecule has 0 radical (unpaired) electrons. The molecule has 1 fully saturated rings. The van der Waals surface area contributed by atoms with Gasteiger partial charge in [-0.1, -0.05) is 26.7 Å². The first-order valence-electron chi connectivity index (χ1n) is 7.13. The van der Waals surface area contributed by atoms with Gasteiger partial charge in [-0.25, -0.2) is 0 Å². The Morgan fingerprint density at radius 1 is 1.25 bits per heavy atom. The van der Waals surface area contributed by atoms with Crippen molar-refractivity contribution in [2.75, 3.05) is 6.61 Å². The van der Waals surface area contributed by atoms with E-state index < -0.39 is 0 Å². The minimum absolute atomic E-state index is 0.385. The quantitative estimate of drug-likeness (QED) is 0.722. The average molecular weight is 227 g/mol. The van der Waals surface area contributed by atoms with Gasteiger partial charge in [0.15, 0.2) is 0 Å². The lowest BCUT2D eigenvalue weighted by Gasteiger charge is -2.24. The Hall–Kier alpha value is -0.0800. The highest BCUT2D eigenvalue weighted by atomic mass is 16.5. The van der Waals surface area contributed by atoms with E-state index in [-0.39, 0.29) is 0 Å². The molecule has 96 valence electrons. The maximum absolute atomic E-state index is 6.19. The summed E-state index contributed by atoms with van der Waals surface area (Å²) in [5.74, 6) is 0.822. The Kier molecular flexibility index (Phi) is 7.06. The maximum atomic E-state index is 6.19. The fourth-order valence-electron chi connectivity index (χ4n) is 2.60. The maximum Gasteiger partial charge on any atom is 0.0575 e. The summed E-state index contributed by atoms with van der Waals surface area (Å²) in [6, 6.07) is 0.385. The Labute approximate surface area is 101 Å². The first-order chi connectivity index (χ1) is 7.76. The van der Waals surface area contributed by atoms with E-state index >= 15 is 0 Å². The van der Waals surface area contributed by atoms with E-state index in [9.17, 15) is 0 Å². The molecule has 1 aliphatic heterocycles. The second-order valence-corrected chi connectivity index (χ2v) is 5.24. The number of hydrogen-bond donors (Lipinski definition) is 1. The predicted molar refractivity (Wildman–Crippen MR) is 69.5 cm³/mol. The first kappa shape index (κ1) is 14.0. The summed E-state index contributed by atoms with van der Waals surface area (Å²) in [5.41, 5.74) is 6.19. The summed E-state index contributed by atoms with van der Waals surface area (Å²) in [4.78, 5) is 0. The minimum Gasteiger partial charge on any atom is -0.378 e. The van der Waals surface area contributed by atoms with Crippen LogP contribution >= 0.6 is 0 Å². The van der Waals surface area contributed by atoms with Gasteiger partial charge < -0.3 is 10.5 Å². The van der Waals surface area contributed by atoms with Gasteiger partial charge in [0.1, 0.15) is 0 Å². The third kappa shape index (κ3) is 5.31. The summed E-state index contributed by atoms with van der Waals surface area (Å²) in [7, 11) is 0. The minimum atomic E-state index is 0.385. The van der Waals surface area contributed by atoms with Crippen LogP contribution < -0.4 is 5.73 Å². The van der Waals surface area contributed by atoms with Crippen LogP contribution in [0, 0.1) is 5.92 Å². The molecule has 1 rings (SSSR count). The molecule has 2 heteroatoms. The molecular formula is C14H29NO. The van der Waals surface area contributed by atoms with Crippen molar-refractivity contribution in [1.29, 1.82) is 0 Å². The third-order valence-electron chi connectivity index (χ3n) is 3.92. The van der Waals surface area contributed by atoms with Crippen LogP contribution in [0.2, 0.25) is 0 Å². The highest BCUT2D eigenvalue weighted by Gasteiger charge is 2.16. The van der Waals surface area contributed by atoms with Crippen LogP contribution in [0.4, 0.5) is 0 Å². The Morgan fingerprint density at radius 3 is 2.56 bits per heavy atom. The van der Waals surface area contributed by atoms with E-state index in [1.54, 1.807) is 0 Å². The van der Waals surface area contributed by atoms with E-state index in [4.69, 9.17) is 10.5 Å². The lowest BCUT2D eigenvalue weighted by Crippen LogP contribution is -2.27. The van der Waals surface area contributed by atoms with Crippen LogP contribution in [0.25, 0.3) is 0 Å². The molecule has 1 saturated heterocycles. The third-order valence-corrected chi connectivity index (χ3v) is 3.92. The summed E-state index contributed by atoms with van der Waals surface area (Å²) in [6.07, 6.45) is 10.4. The summed E-state index contributed by atoms with van der Waals surface area (Å²) < 4.78 is 5.73. The van der Waals surface area contributed by atoms with Gasteiger partial charge >= 0.3 is 0 Å². The molecule has 1 aliphatic rings. The van der Waals surface area contributed by atoms with Gasteiger partial charge in [-0.05, 0) is 44.4 Å². The molecule has 0 aromatic rings.